The van der Waals surface area contributed by atoms with Crippen molar-refractivity contribution in [3.63, 3.8) is 0 Å². The lowest BCUT2D eigenvalue weighted by Crippen LogP contribution is -2.12. The summed E-state index contributed by atoms with van der Waals surface area (Å²) in [5, 5.41) is 0. The van der Waals surface area contributed by atoms with Gasteiger partial charge in [0.15, 0.2) is 0 Å². The van der Waals surface area contributed by atoms with Gasteiger partial charge in [0.05, 0.1) is 0 Å². The summed E-state index contributed by atoms with van der Waals surface area (Å²) in [6, 6.07) is 8.90. The van der Waals surface area contributed by atoms with Gasteiger partial charge in [0.25, 0.3) is 0 Å². The Morgan fingerprint density at radius 2 is 1.14 bits per heavy atom. The topological polar surface area (TPSA) is 12.5 Å². The van der Waals surface area contributed by atoms with Gasteiger partial charge in [0, 0.05) is 6.92 Å². The number of hydrogen-bond donors (Lipinski definition) is 0. The summed E-state index contributed by atoms with van der Waals surface area (Å²) in [4.78, 5) is 2.29. The van der Waals surface area contributed by atoms with Crippen LogP contribution in [0.2, 0.25) is 0 Å². The lowest BCUT2D eigenvalue weighted by Gasteiger charge is -2.08. The van der Waals surface area contributed by atoms with Crippen molar-refractivity contribution in [3.05, 3.63) is 30.3 Å². The standard InChI is InChI=1S/C18H39N.C8H9FO/c1-4-5-6-7-8-9-10-11-12-13-14-15-16-17-18-19(2)3;1-7(9)10-8-5-3-2-4-6-8/h4-18H2,1-3H3;2-7H,1H3. The van der Waals surface area contributed by atoms with E-state index in [9.17, 15) is 4.39 Å². The summed E-state index contributed by atoms with van der Waals surface area (Å²) in [5.41, 5.74) is 0. The SMILES string of the molecule is CC(F)Oc1ccccc1.CCCCCCCCCCCCCCCCN(C)C. The van der Waals surface area contributed by atoms with Crippen molar-refractivity contribution in [2.45, 2.75) is 110 Å². The van der Waals surface area contributed by atoms with Crippen molar-refractivity contribution in [1.29, 1.82) is 0 Å². The fraction of sp³-hybridized carbons (Fsp3) is 0.769. The van der Waals surface area contributed by atoms with E-state index in [1.54, 1.807) is 24.3 Å². The van der Waals surface area contributed by atoms with Crippen molar-refractivity contribution in [2.24, 2.45) is 0 Å². The molecule has 0 N–H and O–H groups in total. The molecule has 0 saturated heterocycles. The van der Waals surface area contributed by atoms with Crippen LogP contribution in [-0.4, -0.2) is 31.9 Å². The molecule has 1 rings (SSSR count). The third kappa shape index (κ3) is 23.1. The highest BCUT2D eigenvalue weighted by atomic mass is 19.1. The molecule has 0 saturated carbocycles. The molecule has 0 fully saturated rings. The van der Waals surface area contributed by atoms with Crippen LogP contribution in [0.25, 0.3) is 0 Å². The van der Waals surface area contributed by atoms with E-state index in [0.29, 0.717) is 5.75 Å². The molecule has 0 amide bonds. The minimum Gasteiger partial charge on any atom is -0.461 e. The van der Waals surface area contributed by atoms with Crippen molar-refractivity contribution < 1.29 is 9.13 Å². The van der Waals surface area contributed by atoms with Crippen molar-refractivity contribution in [2.75, 3.05) is 20.6 Å². The lowest BCUT2D eigenvalue weighted by molar-refractivity contribution is 0.0860. The van der Waals surface area contributed by atoms with Gasteiger partial charge in [-0.05, 0) is 39.2 Å². The Hall–Kier alpha value is -1.09. The zero-order valence-electron chi connectivity index (χ0n) is 19.8. The zero-order chi connectivity index (χ0) is 21.6. The molecule has 0 aliphatic rings. The van der Waals surface area contributed by atoms with Crippen LogP contribution in [0.4, 0.5) is 4.39 Å². The van der Waals surface area contributed by atoms with Gasteiger partial charge in [-0.25, -0.2) is 4.39 Å². The molecule has 1 unspecified atom stereocenters. The molecule has 2 nitrogen and oxygen atoms in total. The van der Waals surface area contributed by atoms with Gasteiger partial charge in [-0.2, -0.15) is 0 Å². The molecule has 0 aliphatic heterocycles. The average Bonchev–Trinajstić information content (AvgIpc) is 2.69. The Morgan fingerprint density at radius 3 is 1.52 bits per heavy atom. The molecule has 1 aromatic carbocycles. The van der Waals surface area contributed by atoms with E-state index >= 15 is 0 Å². The smallest absolute Gasteiger partial charge is 0.235 e. The molecule has 0 aliphatic carbocycles. The lowest BCUT2D eigenvalue weighted by atomic mass is 10.0. The molecule has 29 heavy (non-hydrogen) atoms. The minimum atomic E-state index is -1.23. The molecule has 1 atom stereocenters. The van der Waals surface area contributed by atoms with E-state index in [0.717, 1.165) is 0 Å². The molecule has 0 radical (unpaired) electrons. The number of hydrogen-bond acceptors (Lipinski definition) is 2. The first-order valence-electron chi connectivity index (χ1n) is 12.1. The van der Waals surface area contributed by atoms with Gasteiger partial charge in [0.1, 0.15) is 5.75 Å². The number of alkyl halides is 1. The molecule has 170 valence electrons. The second-order valence-electron chi connectivity index (χ2n) is 8.37. The molecule has 0 heterocycles. The van der Waals surface area contributed by atoms with Crippen LogP contribution < -0.4 is 4.74 Å². The number of para-hydroxylation sites is 1. The second kappa shape index (κ2) is 21.6. The summed E-state index contributed by atoms with van der Waals surface area (Å²) in [6.07, 6.45) is 19.1. The molecule has 0 bridgehead atoms. The van der Waals surface area contributed by atoms with Crippen LogP contribution in [0, 0.1) is 0 Å². The van der Waals surface area contributed by atoms with Gasteiger partial charge in [0.2, 0.25) is 6.36 Å². The first-order valence-corrected chi connectivity index (χ1v) is 12.1. The Morgan fingerprint density at radius 1 is 0.724 bits per heavy atom. The largest absolute Gasteiger partial charge is 0.461 e. The maximum absolute atomic E-state index is 12.2. The highest BCUT2D eigenvalue weighted by molar-refractivity contribution is 5.20. The van der Waals surface area contributed by atoms with Gasteiger partial charge in [-0.3, -0.25) is 0 Å². The van der Waals surface area contributed by atoms with Crippen molar-refractivity contribution in [3.8, 4) is 5.75 Å². The number of unbranched alkanes of at least 4 members (excludes halogenated alkanes) is 13. The first-order chi connectivity index (χ1) is 14.1. The predicted molar refractivity (Wildman–Crippen MR) is 127 cm³/mol. The van der Waals surface area contributed by atoms with Gasteiger partial charge in [-0.15, -0.1) is 0 Å². The number of benzene rings is 1. The van der Waals surface area contributed by atoms with Crippen molar-refractivity contribution >= 4 is 0 Å². The Labute approximate surface area is 181 Å². The fourth-order valence-electron chi connectivity index (χ4n) is 3.31. The molecule has 0 aromatic heterocycles. The summed E-state index contributed by atoms with van der Waals surface area (Å²) >= 11 is 0. The van der Waals surface area contributed by atoms with Crippen LogP contribution in [0.15, 0.2) is 30.3 Å². The van der Waals surface area contributed by atoms with Crippen LogP contribution in [0.1, 0.15) is 104 Å². The van der Waals surface area contributed by atoms with Gasteiger partial charge >= 0.3 is 0 Å². The Balaban J connectivity index is 0.000000651. The molecule has 3 heteroatoms. The second-order valence-corrected chi connectivity index (χ2v) is 8.37. The van der Waals surface area contributed by atoms with E-state index < -0.39 is 6.36 Å². The predicted octanol–water partition coefficient (Wildman–Crippen LogP) is 8.41. The highest BCUT2D eigenvalue weighted by Crippen LogP contribution is 2.13. The minimum absolute atomic E-state index is 0.567. The average molecular weight is 410 g/mol. The Bertz CT molecular complexity index is 422. The third-order valence-corrected chi connectivity index (χ3v) is 5.00. The van der Waals surface area contributed by atoms with E-state index in [-0.39, 0.29) is 0 Å². The van der Waals surface area contributed by atoms with Gasteiger partial charge in [-0.1, -0.05) is 109 Å². The number of nitrogens with zero attached hydrogens (tertiary/aromatic N) is 1. The first kappa shape index (κ1) is 27.9. The normalized spacial score (nSPS) is 11.8. The maximum atomic E-state index is 12.2. The monoisotopic (exact) mass is 409 g/mol. The zero-order valence-corrected chi connectivity index (χ0v) is 19.8. The van der Waals surface area contributed by atoms with Crippen LogP contribution in [-0.2, 0) is 0 Å². The summed E-state index contributed by atoms with van der Waals surface area (Å²) in [6.45, 7) is 4.91. The van der Waals surface area contributed by atoms with E-state index in [2.05, 4.69) is 25.9 Å². The summed E-state index contributed by atoms with van der Waals surface area (Å²) in [5.74, 6) is 0.567. The van der Waals surface area contributed by atoms with Crippen molar-refractivity contribution in [1.82, 2.24) is 4.90 Å². The maximum Gasteiger partial charge on any atom is 0.235 e. The number of rotatable bonds is 17. The summed E-state index contributed by atoms with van der Waals surface area (Å²) < 4.78 is 16.9. The quantitative estimate of drug-likeness (QED) is 0.239. The fourth-order valence-corrected chi connectivity index (χ4v) is 3.31. The summed E-state index contributed by atoms with van der Waals surface area (Å²) in [7, 11) is 4.34. The Kier molecular flexibility index (Phi) is 20.8. The molecular formula is C26H48FNO. The number of halogens is 1. The number of ether oxygens (including phenoxy) is 1. The van der Waals surface area contributed by atoms with Gasteiger partial charge < -0.3 is 9.64 Å². The van der Waals surface area contributed by atoms with E-state index in [1.165, 1.54) is 103 Å². The molecule has 1 aromatic rings. The van der Waals surface area contributed by atoms with Crippen LogP contribution in [0.3, 0.4) is 0 Å². The third-order valence-electron chi connectivity index (χ3n) is 5.00. The highest BCUT2D eigenvalue weighted by Gasteiger charge is 1.97. The van der Waals surface area contributed by atoms with E-state index in [4.69, 9.17) is 4.74 Å². The molecular weight excluding hydrogens is 361 g/mol. The molecule has 0 spiro atoms. The van der Waals surface area contributed by atoms with E-state index in [1.807, 2.05) is 6.07 Å². The van der Waals surface area contributed by atoms with Crippen LogP contribution in [0.5, 0.6) is 5.75 Å². The van der Waals surface area contributed by atoms with Crippen LogP contribution >= 0.6 is 0 Å².